The van der Waals surface area contributed by atoms with E-state index in [0.717, 1.165) is 0 Å². The molecule has 0 aliphatic heterocycles. The Morgan fingerprint density at radius 1 is 1.67 bits per heavy atom. The highest BCUT2D eigenvalue weighted by atomic mass is 32.2. The Kier molecular flexibility index (Phi) is 4.35. The van der Waals surface area contributed by atoms with E-state index in [1.807, 2.05) is 6.92 Å². The molecule has 1 aromatic heterocycles. The first-order valence-electron chi connectivity index (χ1n) is 4.44. The van der Waals surface area contributed by atoms with Crippen LogP contribution in [-0.2, 0) is 10.8 Å². The summed E-state index contributed by atoms with van der Waals surface area (Å²) in [6, 6.07) is -0.0556. The van der Waals surface area contributed by atoms with Gasteiger partial charge in [-0.1, -0.05) is 0 Å². The maximum atomic E-state index is 11.4. The summed E-state index contributed by atoms with van der Waals surface area (Å²) >= 11 is 0. The molecule has 8 heteroatoms. The fourth-order valence-electron chi connectivity index (χ4n) is 0.961. The van der Waals surface area contributed by atoms with Gasteiger partial charge in [-0.15, -0.1) is 10.2 Å². The monoisotopic (exact) mass is 231 g/mol. The van der Waals surface area contributed by atoms with Gasteiger partial charge in [0.25, 0.3) is 11.7 Å². The van der Waals surface area contributed by atoms with Crippen LogP contribution in [0.15, 0.2) is 0 Å². The maximum absolute atomic E-state index is 11.4. The number of hydrogen-bond acceptors (Lipinski definition) is 5. The third-order valence-electron chi connectivity index (χ3n) is 1.76. The number of aromatic amines is 1. The zero-order valence-corrected chi connectivity index (χ0v) is 9.37. The molecular weight excluding hydrogens is 218 g/mol. The van der Waals surface area contributed by atoms with Gasteiger partial charge in [0.05, 0.1) is 0 Å². The van der Waals surface area contributed by atoms with Crippen molar-refractivity contribution in [3.8, 4) is 0 Å². The van der Waals surface area contributed by atoms with Crippen molar-refractivity contribution < 1.29 is 9.00 Å². The number of carbonyl (C=O) groups is 1. The third kappa shape index (κ3) is 4.15. The molecule has 1 aromatic rings. The van der Waals surface area contributed by atoms with Crippen LogP contribution in [0.4, 0.5) is 0 Å². The SMILES string of the molecule is CC(CCS(C)=O)NC(=O)c1nn[nH]n1. The average Bonchev–Trinajstić information content (AvgIpc) is 2.67. The van der Waals surface area contributed by atoms with Gasteiger partial charge in [0.1, 0.15) is 0 Å². The molecule has 0 fully saturated rings. The summed E-state index contributed by atoms with van der Waals surface area (Å²) in [5.41, 5.74) is 0. The lowest BCUT2D eigenvalue weighted by Crippen LogP contribution is -2.34. The van der Waals surface area contributed by atoms with Gasteiger partial charge in [0.15, 0.2) is 0 Å². The van der Waals surface area contributed by atoms with E-state index >= 15 is 0 Å². The van der Waals surface area contributed by atoms with Crippen molar-refractivity contribution in [1.29, 1.82) is 0 Å². The Balaban J connectivity index is 2.35. The van der Waals surface area contributed by atoms with Crippen LogP contribution < -0.4 is 5.32 Å². The topological polar surface area (TPSA) is 101 Å². The highest BCUT2D eigenvalue weighted by Gasteiger charge is 2.13. The highest BCUT2D eigenvalue weighted by molar-refractivity contribution is 7.84. The first kappa shape index (κ1) is 11.8. The molecule has 0 aromatic carbocycles. The lowest BCUT2D eigenvalue weighted by atomic mass is 10.2. The fraction of sp³-hybridized carbons (Fsp3) is 0.714. The minimum Gasteiger partial charge on any atom is -0.347 e. The molecule has 0 saturated heterocycles. The van der Waals surface area contributed by atoms with Crippen molar-refractivity contribution in [2.45, 2.75) is 19.4 Å². The van der Waals surface area contributed by atoms with Crippen LogP contribution in [0, 0.1) is 0 Å². The van der Waals surface area contributed by atoms with Gasteiger partial charge in [-0.25, -0.2) is 0 Å². The van der Waals surface area contributed by atoms with Crippen molar-refractivity contribution in [3.63, 3.8) is 0 Å². The summed E-state index contributed by atoms with van der Waals surface area (Å²) in [4.78, 5) is 11.4. The molecule has 0 aliphatic carbocycles. The summed E-state index contributed by atoms with van der Waals surface area (Å²) in [5, 5.41) is 15.2. The van der Waals surface area contributed by atoms with Crippen LogP contribution >= 0.6 is 0 Å². The molecule has 0 saturated carbocycles. The van der Waals surface area contributed by atoms with E-state index < -0.39 is 10.8 Å². The fourth-order valence-corrected chi connectivity index (χ4v) is 1.65. The molecule has 2 atom stereocenters. The van der Waals surface area contributed by atoms with Crippen molar-refractivity contribution in [1.82, 2.24) is 25.9 Å². The number of nitrogens with zero attached hydrogens (tertiary/aromatic N) is 3. The smallest absolute Gasteiger partial charge is 0.293 e. The van der Waals surface area contributed by atoms with Gasteiger partial charge >= 0.3 is 0 Å². The van der Waals surface area contributed by atoms with Gasteiger partial charge in [0, 0.05) is 28.9 Å². The minimum atomic E-state index is -0.839. The molecule has 15 heavy (non-hydrogen) atoms. The summed E-state index contributed by atoms with van der Waals surface area (Å²) in [7, 11) is -0.839. The number of carbonyl (C=O) groups excluding carboxylic acids is 1. The summed E-state index contributed by atoms with van der Waals surface area (Å²) in [6.45, 7) is 1.84. The van der Waals surface area contributed by atoms with Crippen molar-refractivity contribution in [3.05, 3.63) is 5.82 Å². The first-order valence-corrected chi connectivity index (χ1v) is 6.16. The zero-order valence-electron chi connectivity index (χ0n) is 8.56. The second kappa shape index (κ2) is 5.54. The lowest BCUT2D eigenvalue weighted by molar-refractivity contribution is 0.0929. The molecule has 0 radical (unpaired) electrons. The molecule has 84 valence electrons. The van der Waals surface area contributed by atoms with E-state index in [1.165, 1.54) is 0 Å². The van der Waals surface area contributed by atoms with Gasteiger partial charge in [0.2, 0.25) is 0 Å². The van der Waals surface area contributed by atoms with Gasteiger partial charge in [-0.3, -0.25) is 9.00 Å². The molecular formula is C7H13N5O2S. The largest absolute Gasteiger partial charge is 0.347 e. The van der Waals surface area contributed by atoms with E-state index in [4.69, 9.17) is 0 Å². The molecule has 0 spiro atoms. The standard InChI is InChI=1S/C7H13N5O2S/c1-5(3-4-15(2)14)8-7(13)6-9-11-12-10-6/h5H,3-4H2,1-2H3,(H,8,13)(H,9,10,11,12). The summed E-state index contributed by atoms with van der Waals surface area (Å²) in [5.74, 6) is 0.200. The number of rotatable bonds is 5. The molecule has 2 N–H and O–H groups in total. The van der Waals surface area contributed by atoms with Crippen LogP contribution in [0.3, 0.4) is 0 Å². The Morgan fingerprint density at radius 3 is 2.93 bits per heavy atom. The summed E-state index contributed by atoms with van der Waals surface area (Å²) in [6.07, 6.45) is 2.29. The normalized spacial score (nSPS) is 14.5. The number of tetrazole rings is 1. The Morgan fingerprint density at radius 2 is 2.40 bits per heavy atom. The van der Waals surface area contributed by atoms with Crippen molar-refractivity contribution in [2.75, 3.05) is 12.0 Å². The second-order valence-electron chi connectivity index (χ2n) is 3.18. The van der Waals surface area contributed by atoms with Crippen LogP contribution in [-0.4, -0.2) is 48.8 Å². The Bertz CT molecular complexity index is 339. The van der Waals surface area contributed by atoms with Crippen molar-refractivity contribution in [2.24, 2.45) is 0 Å². The second-order valence-corrected chi connectivity index (χ2v) is 4.73. The highest BCUT2D eigenvalue weighted by Crippen LogP contribution is 1.94. The number of nitrogens with one attached hydrogen (secondary N) is 2. The molecule has 0 aliphatic rings. The number of H-pyrrole nitrogens is 1. The molecule has 1 amide bonds. The summed E-state index contributed by atoms with van der Waals surface area (Å²) < 4.78 is 10.8. The molecule has 0 bridgehead atoms. The molecule has 1 heterocycles. The Hall–Kier alpha value is -1.31. The number of amides is 1. The van der Waals surface area contributed by atoms with Gasteiger partial charge in [-0.2, -0.15) is 5.21 Å². The predicted molar refractivity (Wildman–Crippen MR) is 54.7 cm³/mol. The van der Waals surface area contributed by atoms with Crippen LogP contribution in [0.2, 0.25) is 0 Å². The van der Waals surface area contributed by atoms with E-state index in [9.17, 15) is 9.00 Å². The van der Waals surface area contributed by atoms with E-state index in [-0.39, 0.29) is 17.8 Å². The van der Waals surface area contributed by atoms with Gasteiger partial charge in [-0.05, 0) is 18.6 Å². The first-order chi connectivity index (χ1) is 7.09. The zero-order chi connectivity index (χ0) is 11.3. The predicted octanol–water partition coefficient (Wildman–Crippen LogP) is -0.913. The van der Waals surface area contributed by atoms with Crippen LogP contribution in [0.5, 0.6) is 0 Å². The van der Waals surface area contributed by atoms with E-state index in [0.29, 0.717) is 12.2 Å². The van der Waals surface area contributed by atoms with E-state index in [2.05, 4.69) is 25.9 Å². The average molecular weight is 231 g/mol. The lowest BCUT2D eigenvalue weighted by Gasteiger charge is -2.10. The maximum Gasteiger partial charge on any atom is 0.293 e. The Labute approximate surface area is 89.5 Å². The quantitative estimate of drug-likeness (QED) is 0.683. The van der Waals surface area contributed by atoms with Crippen molar-refractivity contribution >= 4 is 16.7 Å². The van der Waals surface area contributed by atoms with Crippen LogP contribution in [0.25, 0.3) is 0 Å². The number of hydrogen-bond donors (Lipinski definition) is 2. The number of aromatic nitrogens is 4. The van der Waals surface area contributed by atoms with E-state index in [1.54, 1.807) is 6.26 Å². The minimum absolute atomic E-state index is 0.0134. The molecule has 1 rings (SSSR count). The van der Waals surface area contributed by atoms with Crippen LogP contribution in [0.1, 0.15) is 24.0 Å². The molecule has 7 nitrogen and oxygen atoms in total. The molecule has 2 unspecified atom stereocenters. The third-order valence-corrected chi connectivity index (χ3v) is 2.57. The van der Waals surface area contributed by atoms with Gasteiger partial charge < -0.3 is 5.32 Å².